The number of hydrogen-bond donors (Lipinski definition) is 1. The molecule has 7 nitrogen and oxygen atoms in total. The fourth-order valence-electron chi connectivity index (χ4n) is 4.06. The minimum absolute atomic E-state index is 0.0979. The highest BCUT2D eigenvalue weighted by Crippen LogP contribution is 2.24. The molecular formula is C29H32ClF2N3O4S. The minimum Gasteiger partial charge on any atom is -0.352 e. The average molecular weight is 592 g/mol. The summed E-state index contributed by atoms with van der Waals surface area (Å²) in [7, 11) is -4.11. The zero-order valence-electron chi connectivity index (χ0n) is 22.5. The summed E-state index contributed by atoms with van der Waals surface area (Å²) in [6, 6.07) is 17.3. The van der Waals surface area contributed by atoms with Crippen LogP contribution < -0.4 is 9.62 Å². The van der Waals surface area contributed by atoms with Crippen molar-refractivity contribution in [2.75, 3.05) is 17.1 Å². The lowest BCUT2D eigenvalue weighted by molar-refractivity contribution is -0.140. The number of carbonyl (C=O) groups excluding carboxylic acids is 2. The number of sulfonamides is 1. The van der Waals surface area contributed by atoms with E-state index in [1.165, 1.54) is 4.90 Å². The second kappa shape index (κ2) is 13.7. The van der Waals surface area contributed by atoms with Gasteiger partial charge in [0.15, 0.2) is 11.6 Å². The summed E-state index contributed by atoms with van der Waals surface area (Å²) < 4.78 is 53.7. The smallest absolute Gasteiger partial charge is 0.244 e. The minimum atomic E-state index is -4.11. The maximum Gasteiger partial charge on any atom is 0.244 e. The molecule has 0 radical (unpaired) electrons. The van der Waals surface area contributed by atoms with Crippen molar-refractivity contribution in [3.63, 3.8) is 0 Å². The van der Waals surface area contributed by atoms with E-state index in [-0.39, 0.29) is 24.7 Å². The number of anilines is 1. The Morgan fingerprint density at radius 1 is 0.975 bits per heavy atom. The number of nitrogens with zero attached hydrogens (tertiary/aromatic N) is 2. The number of benzene rings is 3. The molecular weight excluding hydrogens is 560 g/mol. The number of hydrogen-bond acceptors (Lipinski definition) is 4. The third-order valence-electron chi connectivity index (χ3n) is 6.44. The van der Waals surface area contributed by atoms with Gasteiger partial charge >= 0.3 is 0 Å². The number of halogens is 3. The van der Waals surface area contributed by atoms with E-state index in [0.717, 1.165) is 24.0 Å². The van der Waals surface area contributed by atoms with Gasteiger partial charge < -0.3 is 10.2 Å². The molecule has 0 aliphatic rings. The van der Waals surface area contributed by atoms with Crippen LogP contribution in [0.15, 0.2) is 72.8 Å². The first-order chi connectivity index (χ1) is 18.9. The first kappa shape index (κ1) is 31.0. The van der Waals surface area contributed by atoms with Crippen molar-refractivity contribution in [3.8, 4) is 0 Å². The molecule has 0 aromatic heterocycles. The topological polar surface area (TPSA) is 86.8 Å². The highest BCUT2D eigenvalue weighted by atomic mass is 35.5. The van der Waals surface area contributed by atoms with Gasteiger partial charge in [0.2, 0.25) is 21.8 Å². The van der Waals surface area contributed by atoms with E-state index in [1.807, 2.05) is 44.2 Å². The number of nitrogens with one attached hydrogen (secondary N) is 1. The van der Waals surface area contributed by atoms with Gasteiger partial charge in [0.25, 0.3) is 0 Å². The molecule has 0 saturated carbocycles. The van der Waals surface area contributed by atoms with Gasteiger partial charge in [-0.3, -0.25) is 13.9 Å². The van der Waals surface area contributed by atoms with Crippen molar-refractivity contribution in [1.82, 2.24) is 10.2 Å². The molecule has 0 bridgehead atoms. The van der Waals surface area contributed by atoms with Crippen LogP contribution in [-0.2, 0) is 32.6 Å². The summed E-state index contributed by atoms with van der Waals surface area (Å²) in [5, 5.41) is 3.29. The van der Waals surface area contributed by atoms with Crippen LogP contribution in [0.25, 0.3) is 0 Å². The van der Waals surface area contributed by atoms with Crippen LogP contribution in [0.2, 0.25) is 5.02 Å². The van der Waals surface area contributed by atoms with Crippen LogP contribution >= 0.6 is 11.6 Å². The van der Waals surface area contributed by atoms with Crippen LogP contribution in [0.5, 0.6) is 0 Å². The Morgan fingerprint density at radius 2 is 1.62 bits per heavy atom. The van der Waals surface area contributed by atoms with Crippen LogP contribution in [0.4, 0.5) is 14.5 Å². The maximum atomic E-state index is 14.0. The lowest BCUT2D eigenvalue weighted by atomic mass is 10.0. The molecule has 2 amide bonds. The predicted octanol–water partition coefficient (Wildman–Crippen LogP) is 4.94. The molecule has 0 fully saturated rings. The van der Waals surface area contributed by atoms with E-state index >= 15 is 0 Å². The molecule has 0 spiro atoms. The normalized spacial score (nSPS) is 12.8. The quantitative estimate of drug-likeness (QED) is 0.323. The monoisotopic (exact) mass is 591 g/mol. The molecule has 3 aromatic rings. The Bertz CT molecular complexity index is 1440. The number of amides is 2. The molecule has 40 heavy (non-hydrogen) atoms. The van der Waals surface area contributed by atoms with E-state index < -0.39 is 46.1 Å². The van der Waals surface area contributed by atoms with Crippen molar-refractivity contribution in [3.05, 3.63) is 101 Å². The lowest BCUT2D eigenvalue weighted by Crippen LogP contribution is -2.54. The van der Waals surface area contributed by atoms with Crippen LogP contribution in [0, 0.1) is 11.6 Å². The number of carbonyl (C=O) groups is 2. The van der Waals surface area contributed by atoms with E-state index in [2.05, 4.69) is 5.32 Å². The van der Waals surface area contributed by atoms with Gasteiger partial charge in [-0.15, -0.1) is 0 Å². The first-order valence-electron chi connectivity index (χ1n) is 12.7. The van der Waals surface area contributed by atoms with E-state index in [1.54, 1.807) is 24.3 Å². The van der Waals surface area contributed by atoms with E-state index in [4.69, 9.17) is 11.6 Å². The Labute approximate surface area is 238 Å². The second-order valence-corrected chi connectivity index (χ2v) is 11.8. The summed E-state index contributed by atoms with van der Waals surface area (Å²) in [6.45, 7) is 2.90. The molecule has 0 saturated heterocycles. The molecule has 214 valence electrons. The van der Waals surface area contributed by atoms with Gasteiger partial charge in [0.05, 0.1) is 11.9 Å². The molecule has 3 rings (SSSR count). The Morgan fingerprint density at radius 3 is 2.23 bits per heavy atom. The molecule has 0 unspecified atom stereocenters. The van der Waals surface area contributed by atoms with Crippen molar-refractivity contribution in [2.24, 2.45) is 0 Å². The Hall–Kier alpha value is -3.50. The van der Waals surface area contributed by atoms with Crippen LogP contribution in [0.3, 0.4) is 0 Å². The first-order valence-corrected chi connectivity index (χ1v) is 14.9. The highest BCUT2D eigenvalue weighted by molar-refractivity contribution is 7.92. The molecule has 1 N–H and O–H groups in total. The van der Waals surface area contributed by atoms with Gasteiger partial charge in [-0.25, -0.2) is 17.2 Å². The highest BCUT2D eigenvalue weighted by Gasteiger charge is 2.34. The summed E-state index contributed by atoms with van der Waals surface area (Å²) in [6.07, 6.45) is 1.65. The van der Waals surface area contributed by atoms with Gasteiger partial charge in [-0.2, -0.15) is 0 Å². The summed E-state index contributed by atoms with van der Waals surface area (Å²) >= 11 is 6.41. The van der Waals surface area contributed by atoms with Gasteiger partial charge in [0, 0.05) is 30.1 Å². The van der Waals surface area contributed by atoms with Gasteiger partial charge in [-0.05, 0) is 42.7 Å². The van der Waals surface area contributed by atoms with Crippen LogP contribution in [0.1, 0.15) is 31.4 Å². The molecule has 0 aliphatic heterocycles. The second-order valence-electron chi connectivity index (χ2n) is 9.50. The Balaban J connectivity index is 2.08. The Kier molecular flexibility index (Phi) is 10.6. The SMILES string of the molecule is CC[C@@H](C)NC(=O)[C@H](Cc1ccccc1)N(Cc1ccccc1Cl)C(=O)CN(c1ccc(F)c(F)c1)S(C)(=O)=O. The zero-order chi connectivity index (χ0) is 29.4. The van der Waals surface area contributed by atoms with Gasteiger partial charge in [-0.1, -0.05) is 67.1 Å². The van der Waals surface area contributed by atoms with Crippen molar-refractivity contribution >= 4 is 39.1 Å². The van der Waals surface area contributed by atoms with Gasteiger partial charge in [0.1, 0.15) is 12.6 Å². The van der Waals surface area contributed by atoms with Crippen molar-refractivity contribution < 1.29 is 26.8 Å². The third-order valence-corrected chi connectivity index (χ3v) is 7.95. The molecule has 0 heterocycles. The lowest BCUT2D eigenvalue weighted by Gasteiger charge is -2.34. The zero-order valence-corrected chi connectivity index (χ0v) is 24.1. The largest absolute Gasteiger partial charge is 0.352 e. The van der Waals surface area contributed by atoms with Crippen molar-refractivity contribution in [1.29, 1.82) is 0 Å². The summed E-state index contributed by atoms with van der Waals surface area (Å²) in [5.74, 6) is -3.57. The fourth-order valence-corrected chi connectivity index (χ4v) is 5.10. The molecule has 11 heteroatoms. The fraction of sp³-hybridized carbons (Fsp3) is 0.310. The summed E-state index contributed by atoms with van der Waals surface area (Å²) in [5.41, 5.74) is 1.10. The maximum absolute atomic E-state index is 14.0. The predicted molar refractivity (Wildman–Crippen MR) is 152 cm³/mol. The number of rotatable bonds is 12. The van der Waals surface area contributed by atoms with E-state index in [0.29, 0.717) is 27.4 Å². The van der Waals surface area contributed by atoms with E-state index in [9.17, 15) is 26.8 Å². The average Bonchev–Trinajstić information content (AvgIpc) is 2.91. The third kappa shape index (κ3) is 8.25. The standard InChI is InChI=1S/C29H32ClF2N3O4S/c1-4-20(2)33-29(37)27(16-21-10-6-5-7-11-21)34(18-22-12-8-9-13-24(22)30)28(36)19-35(40(3,38)39)23-14-15-25(31)26(32)17-23/h5-15,17,20,27H,4,16,18-19H2,1-3H3,(H,33,37)/t20-,27+/m1/s1. The van der Waals surface area contributed by atoms with Crippen LogP contribution in [-0.4, -0.2) is 50.0 Å². The molecule has 3 aromatic carbocycles. The summed E-state index contributed by atoms with van der Waals surface area (Å²) in [4.78, 5) is 28.9. The molecule has 2 atom stereocenters. The molecule has 0 aliphatic carbocycles. The van der Waals surface area contributed by atoms with Crippen molar-refractivity contribution in [2.45, 2.75) is 45.3 Å².